The van der Waals surface area contributed by atoms with Crippen molar-refractivity contribution in [3.05, 3.63) is 0 Å². The Balaban J connectivity index is 4.55. The van der Waals surface area contributed by atoms with Gasteiger partial charge in [-0.3, -0.25) is 14.2 Å². The molecule has 0 aromatic carbocycles. The second kappa shape index (κ2) is 7.90. The second-order valence-electron chi connectivity index (χ2n) is 2.78. The molecule has 0 aromatic rings. The summed E-state index contributed by atoms with van der Waals surface area (Å²) in [5, 5.41) is 16.2. The molecule has 0 rings (SSSR count). The van der Waals surface area contributed by atoms with Crippen LogP contribution in [0.1, 0.15) is 13.3 Å². The smallest absolute Gasteiger partial charge is 0.286 e. The minimum absolute atomic E-state index is 0.0235. The molecule has 3 N–H and O–H groups in total. The first kappa shape index (κ1) is 15.7. The van der Waals surface area contributed by atoms with Crippen LogP contribution in [0.4, 0.5) is 0 Å². The van der Waals surface area contributed by atoms with Crippen molar-refractivity contribution < 1.29 is 32.9 Å². The van der Waals surface area contributed by atoms with Crippen molar-refractivity contribution in [1.29, 1.82) is 0 Å². The van der Waals surface area contributed by atoms with Gasteiger partial charge in [0.15, 0.2) is 5.37 Å². The molecule has 0 saturated carbocycles. The number of aliphatic hydroxyl groups excluding tert-OH is 2. The van der Waals surface area contributed by atoms with Crippen LogP contribution < -0.4 is 0 Å². The Morgan fingerprint density at radius 2 is 1.62 bits per heavy atom. The highest BCUT2D eigenvalue weighted by Gasteiger charge is 2.30. The van der Waals surface area contributed by atoms with Gasteiger partial charge in [-0.1, -0.05) is 6.92 Å². The van der Waals surface area contributed by atoms with Crippen LogP contribution in [0.5, 0.6) is 0 Å². The van der Waals surface area contributed by atoms with Crippen LogP contribution >= 0.6 is 0 Å². The van der Waals surface area contributed by atoms with Crippen LogP contribution in [-0.4, -0.2) is 60.2 Å². The van der Waals surface area contributed by atoms with E-state index in [1.807, 2.05) is 0 Å². The van der Waals surface area contributed by atoms with Crippen LogP contribution in [0, 0.1) is 0 Å². The number of aliphatic hydroxyl groups is 2. The predicted molar refractivity (Wildman–Crippen MR) is 53.5 cm³/mol. The molecule has 0 aliphatic carbocycles. The summed E-state index contributed by atoms with van der Waals surface area (Å²) in [6.45, 7) is 0.479. The highest BCUT2D eigenvalue weighted by atomic mass is 32.2. The van der Waals surface area contributed by atoms with Crippen LogP contribution in [0.2, 0.25) is 0 Å². The number of nitrogens with zero attached hydrogens (tertiary/aromatic N) is 1. The van der Waals surface area contributed by atoms with Crippen molar-refractivity contribution in [3.63, 3.8) is 0 Å². The van der Waals surface area contributed by atoms with Crippen molar-refractivity contribution in [2.75, 3.05) is 26.4 Å². The Bertz CT molecular complexity index is 260. The molecule has 1 atom stereocenters. The third kappa shape index (κ3) is 5.70. The van der Waals surface area contributed by atoms with E-state index in [1.54, 1.807) is 0 Å². The van der Waals surface area contributed by atoms with E-state index < -0.39 is 15.5 Å². The lowest BCUT2D eigenvalue weighted by Gasteiger charge is -2.25. The molecule has 0 aliphatic rings. The maximum absolute atomic E-state index is 11.0. The Kier molecular flexibility index (Phi) is 7.76. The van der Waals surface area contributed by atoms with Crippen LogP contribution in [0.15, 0.2) is 0 Å². The summed E-state index contributed by atoms with van der Waals surface area (Å²) >= 11 is 0. The summed E-state index contributed by atoms with van der Waals surface area (Å²) in [5.74, 6) is 0. The normalized spacial score (nSPS) is 14.3. The molecule has 0 heterocycles. The zero-order chi connectivity index (χ0) is 12.6. The van der Waals surface area contributed by atoms with Crippen molar-refractivity contribution in [2.45, 2.75) is 18.7 Å². The number of hydrogen-bond acceptors (Lipinski definition) is 7. The third-order valence-corrected chi connectivity index (χ3v) is 2.74. The maximum atomic E-state index is 11.0. The van der Waals surface area contributed by atoms with E-state index in [9.17, 15) is 8.42 Å². The van der Waals surface area contributed by atoms with E-state index in [1.165, 1.54) is 6.92 Å². The summed E-state index contributed by atoms with van der Waals surface area (Å²) < 4.78 is 30.8. The average molecular weight is 259 g/mol. The zero-order valence-corrected chi connectivity index (χ0v) is 9.76. The fraction of sp³-hybridized carbons (Fsp3) is 1.00. The molecule has 0 aromatic heterocycles. The largest absolute Gasteiger partial charge is 0.394 e. The van der Waals surface area contributed by atoms with Crippen molar-refractivity contribution in [3.8, 4) is 0 Å². The molecular weight excluding hydrogens is 242 g/mol. The molecule has 0 aliphatic heterocycles. The summed E-state index contributed by atoms with van der Waals surface area (Å²) in [7, 11) is -4.36. The van der Waals surface area contributed by atoms with E-state index in [-0.39, 0.29) is 32.8 Å². The molecule has 0 radical (unpaired) electrons. The van der Waals surface area contributed by atoms with Gasteiger partial charge in [-0.15, -0.1) is 0 Å². The molecule has 98 valence electrons. The van der Waals surface area contributed by atoms with Gasteiger partial charge in [0.25, 0.3) is 10.1 Å². The Labute approximate surface area is 94.0 Å². The molecule has 16 heavy (non-hydrogen) atoms. The van der Waals surface area contributed by atoms with Crippen LogP contribution in [0.3, 0.4) is 0 Å². The summed E-state index contributed by atoms with van der Waals surface area (Å²) in [4.78, 5) is 9.57. The van der Waals surface area contributed by atoms with Gasteiger partial charge in [0.2, 0.25) is 0 Å². The molecule has 1 unspecified atom stereocenters. The monoisotopic (exact) mass is 259 g/mol. The highest BCUT2D eigenvalue weighted by Crippen LogP contribution is 2.11. The summed E-state index contributed by atoms with van der Waals surface area (Å²) in [5.41, 5.74) is 0. The van der Waals surface area contributed by atoms with E-state index in [0.29, 0.717) is 5.23 Å². The minimum atomic E-state index is -4.36. The van der Waals surface area contributed by atoms with E-state index in [2.05, 4.69) is 0 Å². The number of rotatable bonds is 9. The molecule has 0 spiro atoms. The van der Waals surface area contributed by atoms with Gasteiger partial charge in [0.1, 0.15) is 0 Å². The van der Waals surface area contributed by atoms with Gasteiger partial charge in [0.05, 0.1) is 26.4 Å². The average Bonchev–Trinajstić information content (AvgIpc) is 2.20. The van der Waals surface area contributed by atoms with Gasteiger partial charge in [0, 0.05) is 0 Å². The molecule has 9 heteroatoms. The maximum Gasteiger partial charge on any atom is 0.286 e. The van der Waals surface area contributed by atoms with Crippen molar-refractivity contribution in [2.24, 2.45) is 0 Å². The molecular formula is C7H17NO7S. The summed E-state index contributed by atoms with van der Waals surface area (Å²) in [6, 6.07) is 0. The fourth-order valence-electron chi connectivity index (χ4n) is 0.934. The van der Waals surface area contributed by atoms with E-state index >= 15 is 0 Å². The molecule has 0 bridgehead atoms. The lowest BCUT2D eigenvalue weighted by Crippen LogP contribution is -2.41. The van der Waals surface area contributed by atoms with E-state index in [4.69, 9.17) is 24.4 Å². The lowest BCUT2D eigenvalue weighted by molar-refractivity contribution is -0.379. The van der Waals surface area contributed by atoms with Gasteiger partial charge in [-0.2, -0.15) is 8.42 Å². The van der Waals surface area contributed by atoms with Crippen molar-refractivity contribution in [1.82, 2.24) is 5.23 Å². The van der Waals surface area contributed by atoms with Gasteiger partial charge >= 0.3 is 0 Å². The van der Waals surface area contributed by atoms with E-state index in [0.717, 1.165) is 0 Å². The van der Waals surface area contributed by atoms with Crippen LogP contribution in [0.25, 0.3) is 0 Å². The quantitative estimate of drug-likeness (QED) is 0.348. The van der Waals surface area contributed by atoms with Crippen molar-refractivity contribution >= 4 is 10.1 Å². The first-order valence-corrected chi connectivity index (χ1v) is 6.20. The first-order chi connectivity index (χ1) is 7.47. The predicted octanol–water partition coefficient (Wildman–Crippen LogP) is -1.24. The zero-order valence-electron chi connectivity index (χ0n) is 8.94. The molecule has 0 fully saturated rings. The Morgan fingerprint density at radius 3 is 1.88 bits per heavy atom. The molecule has 8 nitrogen and oxygen atoms in total. The SMILES string of the molecule is CCC(N(OCCO)OCCO)S(=O)(=O)O. The second-order valence-corrected chi connectivity index (χ2v) is 4.35. The van der Waals surface area contributed by atoms with Gasteiger partial charge < -0.3 is 10.2 Å². The Morgan fingerprint density at radius 1 is 1.19 bits per heavy atom. The lowest BCUT2D eigenvalue weighted by atomic mass is 10.5. The number of hydrogen-bond donors (Lipinski definition) is 3. The summed E-state index contributed by atoms with van der Waals surface area (Å²) in [6.07, 6.45) is 0.0235. The van der Waals surface area contributed by atoms with Gasteiger partial charge in [-0.05, 0) is 11.6 Å². The van der Waals surface area contributed by atoms with Crippen LogP contribution in [-0.2, 0) is 19.8 Å². The third-order valence-electron chi connectivity index (χ3n) is 1.55. The minimum Gasteiger partial charge on any atom is -0.394 e. The van der Waals surface area contributed by atoms with Gasteiger partial charge in [-0.25, -0.2) is 0 Å². The highest BCUT2D eigenvalue weighted by molar-refractivity contribution is 7.86. The molecule has 0 amide bonds. The fourth-order valence-corrected chi connectivity index (χ4v) is 1.69. The topological polar surface area (TPSA) is 117 Å². The number of hydroxylamine groups is 2. The molecule has 0 saturated heterocycles. The Hall–Kier alpha value is -0.290. The standard InChI is InChI=1S/C7H17NO7S/c1-2-7(16(11,12)13)8(14-5-3-9)15-6-4-10/h7,9-10H,2-6H2,1H3,(H,11,12,13). The first-order valence-electron chi connectivity index (χ1n) is 4.70.